The van der Waals surface area contributed by atoms with Crippen molar-refractivity contribution >= 4 is 17.5 Å². The van der Waals surface area contributed by atoms with E-state index >= 15 is 0 Å². The number of esters is 1. The van der Waals surface area contributed by atoms with Crippen LogP contribution in [0.4, 0.5) is 0 Å². The summed E-state index contributed by atoms with van der Waals surface area (Å²) in [5.41, 5.74) is -6.09. The molecule has 2 bridgehead atoms. The van der Waals surface area contributed by atoms with Crippen LogP contribution in [0.5, 0.6) is 0 Å². The minimum Gasteiger partial charge on any atom is -0.454 e. The molecule has 0 amide bonds. The number of rotatable bonds is 2. The molecule has 9 nitrogen and oxygen atoms in total. The van der Waals surface area contributed by atoms with Gasteiger partial charge < -0.3 is 24.8 Å². The minimum atomic E-state index is -2.04. The maximum atomic E-state index is 14.1. The first-order chi connectivity index (χ1) is 16.7. The molecule has 1 saturated heterocycles. The molecule has 0 aromatic carbocycles. The van der Waals surface area contributed by atoms with Crippen molar-refractivity contribution in [3.63, 3.8) is 0 Å². The zero-order chi connectivity index (χ0) is 26.4. The van der Waals surface area contributed by atoms with Crippen molar-refractivity contribution < 1.29 is 39.2 Å². The third-order valence-electron chi connectivity index (χ3n) is 9.79. The highest BCUT2D eigenvalue weighted by atomic mass is 16.6. The quantitative estimate of drug-likeness (QED) is 0.514. The summed E-state index contributed by atoms with van der Waals surface area (Å²) in [4.78, 5) is 44.7. The molecule has 9 heteroatoms. The fourth-order valence-corrected chi connectivity index (χ4v) is 7.28. The molecule has 194 valence electrons. The van der Waals surface area contributed by atoms with Crippen molar-refractivity contribution in [3.8, 4) is 0 Å². The van der Waals surface area contributed by atoms with Gasteiger partial charge in [-0.15, -0.1) is 0 Å². The fourth-order valence-electron chi connectivity index (χ4n) is 7.28. The second-order valence-electron chi connectivity index (χ2n) is 11.7. The number of carbonyl (C=O) groups excluding carboxylic acids is 3. The van der Waals surface area contributed by atoms with Crippen LogP contribution >= 0.6 is 0 Å². The van der Waals surface area contributed by atoms with E-state index in [4.69, 9.17) is 9.47 Å². The van der Waals surface area contributed by atoms with Crippen LogP contribution in [0.15, 0.2) is 35.5 Å². The van der Waals surface area contributed by atoms with Gasteiger partial charge in [-0.3, -0.25) is 9.59 Å². The molecule has 4 aliphatic rings. The number of fused-ring (bicyclic) bond motifs is 5. The lowest BCUT2D eigenvalue weighted by Crippen LogP contribution is -2.79. The highest BCUT2D eigenvalue weighted by Gasteiger charge is 2.75. The number of hydrogen-bond donors (Lipinski definition) is 3. The molecule has 3 fully saturated rings. The van der Waals surface area contributed by atoms with Gasteiger partial charge in [-0.1, -0.05) is 33.8 Å². The van der Waals surface area contributed by atoms with Gasteiger partial charge in [0.05, 0.1) is 12.7 Å². The third kappa shape index (κ3) is 2.97. The number of aromatic nitrogens is 1. The summed E-state index contributed by atoms with van der Waals surface area (Å²) in [5, 5.41) is 35.8. The molecule has 0 unspecified atom stereocenters. The zero-order valence-electron chi connectivity index (χ0n) is 21.1. The van der Waals surface area contributed by atoms with Gasteiger partial charge in [0.2, 0.25) is 0 Å². The Labute approximate surface area is 209 Å². The monoisotopic (exact) mass is 499 g/mol. The van der Waals surface area contributed by atoms with Gasteiger partial charge in [0.15, 0.2) is 11.6 Å². The molecule has 1 aromatic rings. The molecule has 3 N–H and O–H groups in total. The van der Waals surface area contributed by atoms with Crippen LogP contribution < -0.4 is 0 Å². The van der Waals surface area contributed by atoms with Gasteiger partial charge in [0.25, 0.3) is 0 Å². The zero-order valence-corrected chi connectivity index (χ0v) is 21.1. The second kappa shape index (κ2) is 7.77. The van der Waals surface area contributed by atoms with E-state index in [9.17, 15) is 29.7 Å². The molecule has 2 heterocycles. The lowest BCUT2D eigenvalue weighted by Gasteiger charge is -2.66. The molecule has 1 aliphatic heterocycles. The molecule has 36 heavy (non-hydrogen) atoms. The summed E-state index contributed by atoms with van der Waals surface area (Å²) in [6.07, 6.45) is -2.42. The van der Waals surface area contributed by atoms with Gasteiger partial charge in [0.1, 0.15) is 29.1 Å². The molecule has 5 rings (SSSR count). The number of ketones is 2. The number of allylic oxidation sites excluding steroid dienone is 1. The Balaban J connectivity index is 1.79. The van der Waals surface area contributed by atoms with Crippen molar-refractivity contribution in [1.29, 1.82) is 0 Å². The standard InChI is InChI=1S/C27H33NO8/c1-13-10-17-26(33,12-35-17)20-22(36-23(32)15-8-6-7-9-28-15)27(34)11-16(29)14(2)18(24(27,3)4)19(30)21(31)25(13,20)5/h6-9,13,17,19-20,22,30,33-34H,10-12H2,1-5H3/t13-,17+,19+,20-,22-,25+,26-,27+/m0/s1. The van der Waals surface area contributed by atoms with Crippen LogP contribution in [-0.4, -0.2) is 74.0 Å². The molecular weight excluding hydrogens is 466 g/mol. The van der Waals surface area contributed by atoms with E-state index < -0.39 is 76.1 Å². The first kappa shape index (κ1) is 25.2. The van der Waals surface area contributed by atoms with Crippen molar-refractivity contribution in [2.45, 2.75) is 77.0 Å². The van der Waals surface area contributed by atoms with E-state index in [1.165, 1.54) is 12.3 Å². The Bertz CT molecular complexity index is 1180. The van der Waals surface area contributed by atoms with E-state index in [1.807, 2.05) is 6.92 Å². The molecule has 0 spiro atoms. The molecule has 1 aromatic heterocycles. The number of carbonyl (C=O) groups is 3. The Hall–Kier alpha value is -2.46. The van der Waals surface area contributed by atoms with Crippen LogP contribution in [0.3, 0.4) is 0 Å². The van der Waals surface area contributed by atoms with E-state index in [2.05, 4.69) is 4.98 Å². The third-order valence-corrected chi connectivity index (χ3v) is 9.79. The first-order valence-electron chi connectivity index (χ1n) is 12.4. The Morgan fingerprint density at radius 3 is 2.47 bits per heavy atom. The smallest absolute Gasteiger partial charge is 0.357 e. The Morgan fingerprint density at radius 1 is 1.19 bits per heavy atom. The number of aliphatic hydroxyl groups is 3. The predicted octanol–water partition coefficient (Wildman–Crippen LogP) is 1.39. The van der Waals surface area contributed by atoms with E-state index in [0.29, 0.717) is 6.42 Å². The number of Topliss-reactive ketones (excluding diaryl/α,β-unsaturated/α-hetero) is 2. The van der Waals surface area contributed by atoms with Crippen molar-refractivity contribution in [3.05, 3.63) is 41.2 Å². The lowest BCUT2D eigenvalue weighted by molar-refractivity contribution is -0.336. The fraction of sp³-hybridized carbons (Fsp3) is 0.630. The summed E-state index contributed by atoms with van der Waals surface area (Å²) in [6, 6.07) is 4.72. The van der Waals surface area contributed by atoms with Crippen LogP contribution in [0.1, 0.15) is 57.9 Å². The Morgan fingerprint density at radius 2 is 1.89 bits per heavy atom. The summed E-state index contributed by atoms with van der Waals surface area (Å²) in [6.45, 7) is 8.15. The summed E-state index contributed by atoms with van der Waals surface area (Å²) in [7, 11) is 0. The Kier molecular flexibility index (Phi) is 5.44. The number of ether oxygens (including phenoxy) is 2. The maximum absolute atomic E-state index is 14.1. The van der Waals surface area contributed by atoms with Crippen molar-refractivity contribution in [1.82, 2.24) is 4.98 Å². The van der Waals surface area contributed by atoms with Gasteiger partial charge in [-0.25, -0.2) is 9.78 Å². The highest BCUT2D eigenvalue weighted by molar-refractivity contribution is 6.02. The predicted molar refractivity (Wildman–Crippen MR) is 126 cm³/mol. The van der Waals surface area contributed by atoms with Gasteiger partial charge in [0, 0.05) is 29.4 Å². The van der Waals surface area contributed by atoms with Crippen LogP contribution in [-0.2, 0) is 19.1 Å². The van der Waals surface area contributed by atoms with Crippen molar-refractivity contribution in [2.24, 2.45) is 22.7 Å². The SMILES string of the molecule is CC1=C2[C@@H](O)C(=O)[C@@]3(C)[C@H]([C@H](OC(=O)c4ccccn4)[C@](O)(CC1=O)C2(C)C)[C@]1(O)CO[C@@H]1C[C@@H]3C. The largest absolute Gasteiger partial charge is 0.454 e. The average molecular weight is 500 g/mol. The van der Waals surface area contributed by atoms with E-state index in [1.54, 1.807) is 39.8 Å². The first-order valence-corrected chi connectivity index (χ1v) is 12.4. The molecule has 3 aliphatic carbocycles. The average Bonchev–Trinajstić information content (AvgIpc) is 2.83. The summed E-state index contributed by atoms with van der Waals surface area (Å²) in [5.74, 6) is -3.43. The highest BCUT2D eigenvalue weighted by Crippen LogP contribution is 2.63. The number of nitrogens with zero attached hydrogens (tertiary/aromatic N) is 1. The minimum absolute atomic E-state index is 0.0135. The number of pyridine rings is 1. The molecule has 2 saturated carbocycles. The van der Waals surface area contributed by atoms with Gasteiger partial charge in [-0.2, -0.15) is 0 Å². The lowest BCUT2D eigenvalue weighted by atomic mass is 9.43. The number of hydrogen-bond acceptors (Lipinski definition) is 9. The van der Waals surface area contributed by atoms with Gasteiger partial charge >= 0.3 is 5.97 Å². The van der Waals surface area contributed by atoms with E-state index in [0.717, 1.165) is 0 Å². The molecule has 8 atom stereocenters. The van der Waals surface area contributed by atoms with Gasteiger partial charge in [-0.05, 0) is 42.5 Å². The van der Waals surface area contributed by atoms with Crippen LogP contribution in [0, 0.1) is 22.7 Å². The maximum Gasteiger partial charge on any atom is 0.357 e. The topological polar surface area (TPSA) is 143 Å². The number of aliphatic hydroxyl groups excluding tert-OH is 1. The summed E-state index contributed by atoms with van der Waals surface area (Å²) >= 11 is 0. The second-order valence-corrected chi connectivity index (χ2v) is 11.7. The molecule has 0 radical (unpaired) electrons. The van der Waals surface area contributed by atoms with Crippen molar-refractivity contribution in [2.75, 3.05) is 6.61 Å². The summed E-state index contributed by atoms with van der Waals surface area (Å²) < 4.78 is 11.7. The van der Waals surface area contributed by atoms with E-state index in [-0.39, 0.29) is 23.4 Å². The van der Waals surface area contributed by atoms with Crippen LogP contribution in [0.25, 0.3) is 0 Å². The van der Waals surface area contributed by atoms with Crippen LogP contribution in [0.2, 0.25) is 0 Å². The normalized spacial score (nSPS) is 43.5. The molecular formula is C27H33NO8.